The second-order valence-corrected chi connectivity index (χ2v) is 7.41. The molecule has 1 aromatic heterocycles. The summed E-state index contributed by atoms with van der Waals surface area (Å²) in [6, 6.07) is 14.9. The molecule has 0 bridgehead atoms. The molecule has 0 radical (unpaired) electrons. The molecule has 0 aliphatic carbocycles. The van der Waals surface area contributed by atoms with Crippen LogP contribution in [0.3, 0.4) is 0 Å². The Morgan fingerprint density at radius 2 is 1.90 bits per heavy atom. The predicted molar refractivity (Wildman–Crippen MR) is 115 cm³/mol. The molecule has 2 aromatic carbocycles. The molecule has 1 aliphatic heterocycles. The van der Waals surface area contributed by atoms with E-state index in [2.05, 4.69) is 20.1 Å². The minimum atomic E-state index is -0.655. The molecule has 1 aliphatic rings. The highest BCUT2D eigenvalue weighted by atomic mass is 16.5. The Morgan fingerprint density at radius 3 is 2.70 bits per heavy atom. The number of aryl methyl sites for hydroxylation is 1. The number of hydrogen-bond donors (Lipinski definition) is 1. The van der Waals surface area contributed by atoms with E-state index >= 15 is 0 Å². The molecular formula is C23H26N4O3. The fraction of sp³-hybridized carbons (Fsp3) is 0.348. The lowest BCUT2D eigenvalue weighted by Gasteiger charge is -2.16. The lowest BCUT2D eigenvalue weighted by Crippen LogP contribution is -2.30. The second-order valence-electron chi connectivity index (χ2n) is 7.41. The number of aromatic nitrogens is 3. The minimum Gasteiger partial charge on any atom is -0.497 e. The van der Waals surface area contributed by atoms with Gasteiger partial charge in [-0.25, -0.2) is 0 Å². The maximum atomic E-state index is 12.5. The van der Waals surface area contributed by atoms with Crippen molar-refractivity contribution < 1.29 is 14.3 Å². The van der Waals surface area contributed by atoms with E-state index in [0.717, 1.165) is 48.8 Å². The van der Waals surface area contributed by atoms with Crippen molar-refractivity contribution in [1.82, 2.24) is 14.8 Å². The lowest BCUT2D eigenvalue weighted by molar-refractivity contribution is -0.122. The lowest BCUT2D eigenvalue weighted by atomic mass is 10.2. The minimum absolute atomic E-state index is 0.220. The van der Waals surface area contributed by atoms with Gasteiger partial charge in [0.05, 0.1) is 7.11 Å². The first-order valence-corrected chi connectivity index (χ1v) is 10.3. The summed E-state index contributed by atoms with van der Waals surface area (Å²) in [4.78, 5) is 12.5. The summed E-state index contributed by atoms with van der Waals surface area (Å²) in [5.74, 6) is 3.03. The van der Waals surface area contributed by atoms with Crippen LogP contribution in [0.25, 0.3) is 11.4 Å². The van der Waals surface area contributed by atoms with Crippen molar-refractivity contribution in [3.8, 4) is 22.9 Å². The summed E-state index contributed by atoms with van der Waals surface area (Å²) >= 11 is 0. The normalized spacial score (nSPS) is 14.3. The first-order valence-electron chi connectivity index (χ1n) is 10.3. The van der Waals surface area contributed by atoms with Gasteiger partial charge in [0, 0.05) is 24.2 Å². The third kappa shape index (κ3) is 4.45. The standard InChI is InChI=1S/C23H26N4O3/c1-16(23(28)24-18-10-12-19(29-2)13-11-18)30-20-8-6-7-17(15-20)22-26-25-21-9-4-3-5-14-27(21)22/h6-8,10-13,15-16H,3-5,9,14H2,1-2H3,(H,24,28). The van der Waals surface area contributed by atoms with Crippen molar-refractivity contribution in [2.24, 2.45) is 0 Å². The molecule has 156 valence electrons. The SMILES string of the molecule is COc1ccc(NC(=O)C(C)Oc2cccc(-c3nnc4n3CCCCC4)c2)cc1. The number of rotatable bonds is 6. The van der Waals surface area contributed by atoms with Crippen molar-refractivity contribution in [3.63, 3.8) is 0 Å². The third-order valence-electron chi connectivity index (χ3n) is 5.24. The van der Waals surface area contributed by atoms with Gasteiger partial charge in [-0.05, 0) is 56.2 Å². The van der Waals surface area contributed by atoms with Gasteiger partial charge in [0.2, 0.25) is 0 Å². The molecule has 3 aromatic rings. The largest absolute Gasteiger partial charge is 0.497 e. The Labute approximate surface area is 176 Å². The zero-order valence-corrected chi connectivity index (χ0v) is 17.3. The Morgan fingerprint density at radius 1 is 1.07 bits per heavy atom. The molecule has 1 amide bonds. The number of anilines is 1. The Balaban J connectivity index is 1.45. The summed E-state index contributed by atoms with van der Waals surface area (Å²) in [5, 5.41) is 11.6. The van der Waals surface area contributed by atoms with E-state index in [4.69, 9.17) is 9.47 Å². The number of benzene rings is 2. The van der Waals surface area contributed by atoms with Gasteiger partial charge in [0.25, 0.3) is 5.91 Å². The highest BCUT2D eigenvalue weighted by Gasteiger charge is 2.18. The van der Waals surface area contributed by atoms with Crippen LogP contribution in [-0.4, -0.2) is 33.9 Å². The molecule has 1 unspecified atom stereocenters. The quantitative estimate of drug-likeness (QED) is 0.667. The first kappa shape index (κ1) is 19.9. The van der Waals surface area contributed by atoms with Gasteiger partial charge in [0.15, 0.2) is 11.9 Å². The van der Waals surface area contributed by atoms with Gasteiger partial charge in [0.1, 0.15) is 17.3 Å². The number of ether oxygens (including phenoxy) is 2. The number of fused-ring (bicyclic) bond motifs is 1. The van der Waals surface area contributed by atoms with E-state index in [1.807, 2.05) is 24.3 Å². The molecule has 30 heavy (non-hydrogen) atoms. The van der Waals surface area contributed by atoms with Crippen LogP contribution in [0.5, 0.6) is 11.5 Å². The van der Waals surface area contributed by atoms with Crippen LogP contribution < -0.4 is 14.8 Å². The summed E-state index contributed by atoms with van der Waals surface area (Å²) in [6.45, 7) is 2.66. The van der Waals surface area contributed by atoms with E-state index in [1.54, 1.807) is 38.3 Å². The van der Waals surface area contributed by atoms with Gasteiger partial charge in [-0.15, -0.1) is 10.2 Å². The van der Waals surface area contributed by atoms with Crippen LogP contribution in [0, 0.1) is 0 Å². The Kier molecular flexibility index (Phi) is 5.97. The molecule has 0 spiro atoms. The van der Waals surface area contributed by atoms with Crippen molar-refractivity contribution in [2.75, 3.05) is 12.4 Å². The number of amides is 1. The number of nitrogens with zero attached hydrogens (tertiary/aromatic N) is 3. The van der Waals surface area contributed by atoms with Gasteiger partial charge in [-0.1, -0.05) is 18.6 Å². The van der Waals surface area contributed by atoms with Gasteiger partial charge in [-0.3, -0.25) is 4.79 Å². The monoisotopic (exact) mass is 406 g/mol. The number of carbonyl (C=O) groups is 1. The number of nitrogens with one attached hydrogen (secondary N) is 1. The average Bonchev–Trinajstić information content (AvgIpc) is 3.02. The first-order chi connectivity index (χ1) is 14.6. The van der Waals surface area contributed by atoms with Crippen molar-refractivity contribution in [3.05, 3.63) is 54.4 Å². The maximum absolute atomic E-state index is 12.5. The van der Waals surface area contributed by atoms with Crippen LogP contribution in [0.1, 0.15) is 32.0 Å². The summed E-state index contributed by atoms with van der Waals surface area (Å²) in [5.41, 5.74) is 1.63. The fourth-order valence-corrected chi connectivity index (χ4v) is 3.58. The summed E-state index contributed by atoms with van der Waals surface area (Å²) in [6.07, 6.45) is 3.81. The molecule has 0 saturated heterocycles. The zero-order chi connectivity index (χ0) is 20.9. The van der Waals surface area contributed by atoms with Gasteiger partial charge in [-0.2, -0.15) is 0 Å². The fourth-order valence-electron chi connectivity index (χ4n) is 3.58. The number of hydrogen-bond acceptors (Lipinski definition) is 5. The van der Waals surface area contributed by atoms with E-state index in [-0.39, 0.29) is 5.91 Å². The maximum Gasteiger partial charge on any atom is 0.265 e. The molecule has 1 N–H and O–H groups in total. The molecule has 0 fully saturated rings. The number of carbonyl (C=O) groups excluding carboxylic acids is 1. The third-order valence-corrected chi connectivity index (χ3v) is 5.24. The second kappa shape index (κ2) is 8.98. The summed E-state index contributed by atoms with van der Waals surface area (Å²) in [7, 11) is 1.61. The van der Waals surface area contributed by atoms with E-state index in [0.29, 0.717) is 11.4 Å². The molecule has 7 heteroatoms. The molecule has 7 nitrogen and oxygen atoms in total. The highest BCUT2D eigenvalue weighted by molar-refractivity contribution is 5.94. The number of methoxy groups -OCH3 is 1. The van der Waals surface area contributed by atoms with E-state index < -0.39 is 6.10 Å². The molecule has 4 rings (SSSR count). The highest BCUT2D eigenvalue weighted by Crippen LogP contribution is 2.26. The molecule has 0 saturated carbocycles. The van der Waals surface area contributed by atoms with Crippen LogP contribution in [-0.2, 0) is 17.8 Å². The van der Waals surface area contributed by atoms with Crippen LogP contribution in [0.2, 0.25) is 0 Å². The van der Waals surface area contributed by atoms with Crippen LogP contribution >= 0.6 is 0 Å². The molecule has 2 heterocycles. The van der Waals surface area contributed by atoms with E-state index in [9.17, 15) is 4.79 Å². The van der Waals surface area contributed by atoms with Crippen molar-refractivity contribution in [2.45, 2.75) is 45.3 Å². The van der Waals surface area contributed by atoms with Gasteiger partial charge < -0.3 is 19.4 Å². The van der Waals surface area contributed by atoms with Crippen LogP contribution in [0.4, 0.5) is 5.69 Å². The molecular weight excluding hydrogens is 380 g/mol. The average molecular weight is 406 g/mol. The topological polar surface area (TPSA) is 78.3 Å². The van der Waals surface area contributed by atoms with E-state index in [1.165, 1.54) is 6.42 Å². The Hall–Kier alpha value is -3.35. The van der Waals surface area contributed by atoms with Crippen molar-refractivity contribution in [1.29, 1.82) is 0 Å². The zero-order valence-electron chi connectivity index (χ0n) is 17.3. The smallest absolute Gasteiger partial charge is 0.265 e. The predicted octanol–water partition coefficient (Wildman–Crippen LogP) is 4.09. The van der Waals surface area contributed by atoms with Crippen LogP contribution in [0.15, 0.2) is 48.5 Å². The van der Waals surface area contributed by atoms with Crippen molar-refractivity contribution >= 4 is 11.6 Å². The molecule has 1 atom stereocenters. The summed E-state index contributed by atoms with van der Waals surface area (Å²) < 4.78 is 13.2. The Bertz CT molecular complexity index is 1010. The van der Waals surface area contributed by atoms with Gasteiger partial charge >= 0.3 is 0 Å².